The maximum absolute atomic E-state index is 5.69. The third-order valence-electron chi connectivity index (χ3n) is 1.79. The first-order valence-electron chi connectivity index (χ1n) is 3.58. The van der Waals surface area contributed by atoms with E-state index in [0.717, 1.165) is 16.8 Å². The van der Waals surface area contributed by atoms with Crippen LogP contribution in [0.3, 0.4) is 0 Å². The first-order valence-corrected chi connectivity index (χ1v) is 3.58. The molecular weight excluding hydrogens is 154 g/mol. The molecular formula is C8H9N3O. The van der Waals surface area contributed by atoms with Crippen LogP contribution in [0, 0.1) is 0 Å². The van der Waals surface area contributed by atoms with Crippen molar-refractivity contribution < 1.29 is 4.74 Å². The highest BCUT2D eigenvalue weighted by molar-refractivity contribution is 5.91. The van der Waals surface area contributed by atoms with Crippen molar-refractivity contribution >= 4 is 16.7 Å². The summed E-state index contributed by atoms with van der Waals surface area (Å²) in [4.78, 5) is 7.03. The van der Waals surface area contributed by atoms with Crippen LogP contribution in [0.2, 0.25) is 0 Å². The molecule has 0 fully saturated rings. The van der Waals surface area contributed by atoms with Crippen LogP contribution in [-0.2, 0) is 0 Å². The van der Waals surface area contributed by atoms with Gasteiger partial charge in [0.25, 0.3) is 0 Å². The monoisotopic (exact) mass is 163 g/mol. The minimum Gasteiger partial charge on any atom is -0.494 e. The van der Waals surface area contributed by atoms with Crippen molar-refractivity contribution in [2.75, 3.05) is 12.8 Å². The van der Waals surface area contributed by atoms with Gasteiger partial charge in [-0.3, -0.25) is 0 Å². The molecule has 12 heavy (non-hydrogen) atoms. The maximum Gasteiger partial charge on any atom is 0.144 e. The van der Waals surface area contributed by atoms with Gasteiger partial charge in [-0.2, -0.15) is 0 Å². The van der Waals surface area contributed by atoms with Crippen LogP contribution in [-0.4, -0.2) is 17.1 Å². The van der Waals surface area contributed by atoms with Gasteiger partial charge in [0.15, 0.2) is 0 Å². The second-order valence-corrected chi connectivity index (χ2v) is 2.48. The van der Waals surface area contributed by atoms with E-state index in [4.69, 9.17) is 10.5 Å². The Balaban J connectivity index is 2.82. The smallest absolute Gasteiger partial charge is 0.144 e. The van der Waals surface area contributed by atoms with E-state index in [1.54, 1.807) is 19.5 Å². The molecule has 1 aromatic carbocycles. The van der Waals surface area contributed by atoms with Gasteiger partial charge in [-0.1, -0.05) is 0 Å². The van der Waals surface area contributed by atoms with E-state index >= 15 is 0 Å². The Kier molecular flexibility index (Phi) is 1.40. The van der Waals surface area contributed by atoms with E-state index < -0.39 is 0 Å². The lowest BCUT2D eigenvalue weighted by molar-refractivity contribution is 0.419. The van der Waals surface area contributed by atoms with Crippen molar-refractivity contribution in [1.82, 2.24) is 9.97 Å². The molecule has 0 saturated carbocycles. The fourth-order valence-corrected chi connectivity index (χ4v) is 1.20. The molecule has 4 heteroatoms. The van der Waals surface area contributed by atoms with Crippen LogP contribution in [0.15, 0.2) is 18.5 Å². The SMILES string of the molecule is COc1ccc(N)c2nc[nH]c12. The van der Waals surface area contributed by atoms with E-state index in [1.165, 1.54) is 0 Å². The van der Waals surface area contributed by atoms with Crippen molar-refractivity contribution in [1.29, 1.82) is 0 Å². The highest BCUT2D eigenvalue weighted by Gasteiger charge is 2.05. The molecule has 0 unspecified atom stereocenters. The number of benzene rings is 1. The van der Waals surface area contributed by atoms with Gasteiger partial charge in [-0.15, -0.1) is 0 Å². The van der Waals surface area contributed by atoms with E-state index in [1.807, 2.05) is 6.07 Å². The minimum atomic E-state index is 0.659. The number of aromatic nitrogens is 2. The molecule has 2 rings (SSSR count). The summed E-state index contributed by atoms with van der Waals surface area (Å²) in [5.74, 6) is 0.761. The Bertz CT molecular complexity index is 408. The number of hydrogen-bond acceptors (Lipinski definition) is 3. The van der Waals surface area contributed by atoms with Gasteiger partial charge < -0.3 is 15.5 Å². The zero-order valence-electron chi connectivity index (χ0n) is 6.66. The highest BCUT2D eigenvalue weighted by atomic mass is 16.5. The quantitative estimate of drug-likeness (QED) is 0.620. The Labute approximate surface area is 69.4 Å². The summed E-state index contributed by atoms with van der Waals surface area (Å²) < 4.78 is 5.11. The summed E-state index contributed by atoms with van der Waals surface area (Å²) >= 11 is 0. The van der Waals surface area contributed by atoms with Gasteiger partial charge in [0.1, 0.15) is 16.8 Å². The molecule has 0 aliphatic carbocycles. The van der Waals surface area contributed by atoms with Crippen LogP contribution in [0.1, 0.15) is 0 Å². The molecule has 0 spiro atoms. The number of rotatable bonds is 1. The van der Waals surface area contributed by atoms with Crippen LogP contribution in [0.25, 0.3) is 11.0 Å². The highest BCUT2D eigenvalue weighted by Crippen LogP contribution is 2.26. The predicted octanol–water partition coefficient (Wildman–Crippen LogP) is 1.15. The molecule has 4 nitrogen and oxygen atoms in total. The maximum atomic E-state index is 5.69. The standard InChI is InChI=1S/C8H9N3O/c1-12-6-3-2-5(9)7-8(6)11-4-10-7/h2-4H,9H2,1H3,(H,10,11). The molecule has 0 bridgehead atoms. The van der Waals surface area contributed by atoms with Gasteiger partial charge in [0, 0.05) is 0 Å². The summed E-state index contributed by atoms with van der Waals surface area (Å²) in [5.41, 5.74) is 7.95. The van der Waals surface area contributed by atoms with Gasteiger partial charge in [0.05, 0.1) is 19.1 Å². The van der Waals surface area contributed by atoms with Crippen LogP contribution < -0.4 is 10.5 Å². The molecule has 0 aliphatic rings. The number of nitrogens with one attached hydrogen (secondary N) is 1. The summed E-state index contributed by atoms with van der Waals surface area (Å²) in [7, 11) is 1.62. The van der Waals surface area contributed by atoms with Gasteiger partial charge in [-0.25, -0.2) is 4.98 Å². The number of hydrogen-bond donors (Lipinski definition) is 2. The molecule has 0 aliphatic heterocycles. The number of nitrogen functional groups attached to an aromatic ring is 1. The number of anilines is 1. The van der Waals surface area contributed by atoms with Crippen LogP contribution >= 0.6 is 0 Å². The number of methoxy groups -OCH3 is 1. The number of nitrogens with two attached hydrogens (primary N) is 1. The third kappa shape index (κ3) is 0.812. The third-order valence-corrected chi connectivity index (χ3v) is 1.79. The van der Waals surface area contributed by atoms with Gasteiger partial charge in [0.2, 0.25) is 0 Å². The molecule has 1 heterocycles. The molecule has 2 aromatic rings. The van der Waals surface area contributed by atoms with E-state index in [0.29, 0.717) is 5.69 Å². The van der Waals surface area contributed by atoms with Crippen molar-refractivity contribution in [3.05, 3.63) is 18.5 Å². The summed E-state index contributed by atoms with van der Waals surface area (Å²) in [6.07, 6.45) is 1.60. The molecule has 0 atom stereocenters. The van der Waals surface area contributed by atoms with Crippen LogP contribution in [0.4, 0.5) is 5.69 Å². The van der Waals surface area contributed by atoms with Crippen LogP contribution in [0.5, 0.6) is 5.75 Å². The molecule has 0 radical (unpaired) electrons. The number of H-pyrrole nitrogens is 1. The van der Waals surface area contributed by atoms with E-state index in [-0.39, 0.29) is 0 Å². The zero-order valence-corrected chi connectivity index (χ0v) is 6.66. The van der Waals surface area contributed by atoms with E-state index in [9.17, 15) is 0 Å². The normalized spacial score (nSPS) is 10.4. The number of imidazole rings is 1. The largest absolute Gasteiger partial charge is 0.494 e. The first-order chi connectivity index (χ1) is 5.83. The molecule has 3 N–H and O–H groups in total. The Morgan fingerprint density at radius 3 is 3.08 bits per heavy atom. The second kappa shape index (κ2) is 2.41. The zero-order chi connectivity index (χ0) is 8.55. The number of fused-ring (bicyclic) bond motifs is 1. The Morgan fingerprint density at radius 2 is 2.33 bits per heavy atom. The predicted molar refractivity (Wildman–Crippen MR) is 47.1 cm³/mol. The summed E-state index contributed by atoms with van der Waals surface area (Å²) in [6, 6.07) is 3.60. The van der Waals surface area contributed by atoms with Crippen molar-refractivity contribution in [2.24, 2.45) is 0 Å². The van der Waals surface area contributed by atoms with Gasteiger partial charge >= 0.3 is 0 Å². The first kappa shape index (κ1) is 6.97. The number of aromatic amines is 1. The average molecular weight is 163 g/mol. The molecule has 0 saturated heterocycles. The van der Waals surface area contributed by atoms with Crippen molar-refractivity contribution in [2.45, 2.75) is 0 Å². The lowest BCUT2D eigenvalue weighted by atomic mass is 10.2. The number of nitrogens with zero attached hydrogens (tertiary/aromatic N) is 1. The minimum absolute atomic E-state index is 0.659. The lowest BCUT2D eigenvalue weighted by Crippen LogP contribution is -1.89. The van der Waals surface area contributed by atoms with Gasteiger partial charge in [-0.05, 0) is 12.1 Å². The fourth-order valence-electron chi connectivity index (χ4n) is 1.20. The second-order valence-electron chi connectivity index (χ2n) is 2.48. The topological polar surface area (TPSA) is 63.9 Å². The Morgan fingerprint density at radius 1 is 1.50 bits per heavy atom. The van der Waals surface area contributed by atoms with Crippen molar-refractivity contribution in [3.8, 4) is 5.75 Å². The Hall–Kier alpha value is -1.71. The average Bonchev–Trinajstić information content (AvgIpc) is 2.54. The fraction of sp³-hybridized carbons (Fsp3) is 0.125. The molecule has 1 aromatic heterocycles. The molecule has 62 valence electrons. The van der Waals surface area contributed by atoms with Crippen molar-refractivity contribution in [3.63, 3.8) is 0 Å². The summed E-state index contributed by atoms with van der Waals surface area (Å²) in [5, 5.41) is 0. The molecule has 0 amide bonds. The van der Waals surface area contributed by atoms with E-state index in [2.05, 4.69) is 9.97 Å². The number of ether oxygens (including phenoxy) is 1. The lowest BCUT2D eigenvalue weighted by Gasteiger charge is -2.01. The summed E-state index contributed by atoms with van der Waals surface area (Å²) in [6.45, 7) is 0.